The maximum Gasteiger partial charge on any atom is 0.273 e. The van der Waals surface area contributed by atoms with Crippen LogP contribution in [0.25, 0.3) is 5.69 Å². The number of benzene rings is 1. The number of primary amides is 1. The molecule has 1 saturated carbocycles. The van der Waals surface area contributed by atoms with E-state index < -0.39 is 11.9 Å². The number of likely N-dealkylation sites (tertiary alicyclic amines) is 1. The third kappa shape index (κ3) is 3.04. The second kappa shape index (κ2) is 6.35. The highest BCUT2D eigenvalue weighted by molar-refractivity contribution is 5.96. The van der Waals surface area contributed by atoms with E-state index in [4.69, 9.17) is 5.73 Å². The minimum atomic E-state index is -0.523. The van der Waals surface area contributed by atoms with E-state index in [-0.39, 0.29) is 5.91 Å². The van der Waals surface area contributed by atoms with Crippen LogP contribution in [0.4, 0.5) is 0 Å². The number of para-hydroxylation sites is 1. The second-order valence-electron chi connectivity index (χ2n) is 6.89. The summed E-state index contributed by atoms with van der Waals surface area (Å²) in [6.45, 7) is 0.561. The number of amides is 2. The van der Waals surface area contributed by atoms with Crippen LogP contribution in [0.1, 0.15) is 54.2 Å². The average Bonchev–Trinajstić information content (AvgIpc) is 3.40. The molecule has 1 aromatic heterocycles. The van der Waals surface area contributed by atoms with Gasteiger partial charge >= 0.3 is 0 Å². The molecule has 2 aliphatic rings. The van der Waals surface area contributed by atoms with Crippen molar-refractivity contribution in [1.29, 1.82) is 0 Å². The Bertz CT molecular complexity index is 795. The lowest BCUT2D eigenvalue weighted by molar-refractivity contribution is -0.123. The molecule has 1 saturated heterocycles. The number of carbonyl (C=O) groups excluding carboxylic acids is 2. The number of hydrogen-bond donors (Lipinski definition) is 1. The zero-order valence-electron chi connectivity index (χ0n) is 14.1. The maximum absolute atomic E-state index is 13.2. The molecule has 2 heterocycles. The van der Waals surface area contributed by atoms with E-state index >= 15 is 0 Å². The molecule has 6 heteroatoms. The van der Waals surface area contributed by atoms with Crippen LogP contribution >= 0.6 is 0 Å². The van der Waals surface area contributed by atoms with E-state index in [1.165, 1.54) is 0 Å². The van der Waals surface area contributed by atoms with E-state index in [0.717, 1.165) is 37.1 Å². The van der Waals surface area contributed by atoms with Gasteiger partial charge in [-0.15, -0.1) is 0 Å². The van der Waals surface area contributed by atoms with Crippen molar-refractivity contribution in [3.05, 3.63) is 47.8 Å². The SMILES string of the molecule is NC(=O)C1CCCCN1C(=O)c1cc(C2CC2)nn1-c1ccccc1. The van der Waals surface area contributed by atoms with E-state index in [2.05, 4.69) is 5.10 Å². The van der Waals surface area contributed by atoms with Gasteiger partial charge in [0.15, 0.2) is 0 Å². The third-order valence-electron chi connectivity index (χ3n) is 5.04. The lowest BCUT2D eigenvalue weighted by Gasteiger charge is -2.33. The fraction of sp³-hybridized carbons (Fsp3) is 0.421. The Hall–Kier alpha value is -2.63. The largest absolute Gasteiger partial charge is 0.368 e. The van der Waals surface area contributed by atoms with Crippen LogP contribution in [0.5, 0.6) is 0 Å². The first kappa shape index (κ1) is 15.9. The van der Waals surface area contributed by atoms with Gasteiger partial charge in [0.05, 0.1) is 11.4 Å². The summed E-state index contributed by atoms with van der Waals surface area (Å²) in [5.41, 5.74) is 7.86. The molecule has 0 spiro atoms. The molecule has 1 aromatic carbocycles. The quantitative estimate of drug-likeness (QED) is 0.928. The summed E-state index contributed by atoms with van der Waals surface area (Å²) in [5, 5.41) is 4.68. The van der Waals surface area contributed by atoms with Crippen molar-refractivity contribution in [3.63, 3.8) is 0 Å². The molecular formula is C19H22N4O2. The van der Waals surface area contributed by atoms with Crippen LogP contribution in [0, 0.1) is 0 Å². The Labute approximate surface area is 146 Å². The van der Waals surface area contributed by atoms with Gasteiger partial charge in [-0.05, 0) is 50.3 Å². The van der Waals surface area contributed by atoms with Gasteiger partial charge in [-0.1, -0.05) is 18.2 Å². The molecule has 6 nitrogen and oxygen atoms in total. The van der Waals surface area contributed by atoms with Gasteiger partial charge in [-0.3, -0.25) is 9.59 Å². The van der Waals surface area contributed by atoms with E-state index in [0.29, 0.717) is 24.6 Å². The van der Waals surface area contributed by atoms with Gasteiger partial charge in [-0.25, -0.2) is 4.68 Å². The topological polar surface area (TPSA) is 81.2 Å². The Morgan fingerprint density at radius 3 is 2.52 bits per heavy atom. The maximum atomic E-state index is 13.2. The fourth-order valence-electron chi connectivity index (χ4n) is 3.51. The molecule has 4 rings (SSSR count). The van der Waals surface area contributed by atoms with Crippen molar-refractivity contribution in [1.82, 2.24) is 14.7 Å². The van der Waals surface area contributed by atoms with Crippen molar-refractivity contribution in [3.8, 4) is 5.69 Å². The molecule has 0 radical (unpaired) electrons. The molecule has 1 aliphatic carbocycles. The molecule has 1 atom stereocenters. The third-order valence-corrected chi connectivity index (χ3v) is 5.04. The zero-order valence-corrected chi connectivity index (χ0v) is 14.1. The summed E-state index contributed by atoms with van der Waals surface area (Å²) < 4.78 is 1.71. The summed E-state index contributed by atoms with van der Waals surface area (Å²) in [6, 6.07) is 11.0. The molecule has 2 N–H and O–H groups in total. The summed E-state index contributed by atoms with van der Waals surface area (Å²) in [4.78, 5) is 26.6. The van der Waals surface area contributed by atoms with Crippen molar-refractivity contribution < 1.29 is 9.59 Å². The Balaban J connectivity index is 1.73. The summed E-state index contributed by atoms with van der Waals surface area (Å²) >= 11 is 0. The molecule has 1 unspecified atom stereocenters. The lowest BCUT2D eigenvalue weighted by atomic mass is 10.0. The van der Waals surface area contributed by atoms with Crippen LogP contribution in [0.2, 0.25) is 0 Å². The van der Waals surface area contributed by atoms with Crippen molar-refractivity contribution >= 4 is 11.8 Å². The number of rotatable bonds is 4. The van der Waals surface area contributed by atoms with Gasteiger partial charge in [0.1, 0.15) is 11.7 Å². The Kier molecular flexibility index (Phi) is 4.03. The highest BCUT2D eigenvalue weighted by Crippen LogP contribution is 2.40. The zero-order chi connectivity index (χ0) is 17.4. The lowest BCUT2D eigenvalue weighted by Crippen LogP contribution is -2.50. The number of piperidine rings is 1. The first-order chi connectivity index (χ1) is 12.1. The van der Waals surface area contributed by atoms with E-state index in [9.17, 15) is 9.59 Å². The number of nitrogens with two attached hydrogens (primary N) is 1. The van der Waals surface area contributed by atoms with Gasteiger partial charge < -0.3 is 10.6 Å². The van der Waals surface area contributed by atoms with Crippen LogP contribution in [0.15, 0.2) is 36.4 Å². The standard InChI is InChI=1S/C19H22N4O2/c20-18(24)16-8-4-5-11-22(16)19(25)17-12-15(13-9-10-13)21-23(17)14-6-2-1-3-7-14/h1-3,6-7,12-13,16H,4-5,8-11H2,(H2,20,24). The molecule has 0 bridgehead atoms. The molecule has 130 valence electrons. The minimum absolute atomic E-state index is 0.160. The van der Waals surface area contributed by atoms with Crippen LogP contribution in [-0.4, -0.2) is 39.1 Å². The van der Waals surface area contributed by atoms with E-state index in [1.54, 1.807) is 9.58 Å². The number of carbonyl (C=O) groups is 2. The number of aromatic nitrogens is 2. The monoisotopic (exact) mass is 338 g/mol. The molecule has 25 heavy (non-hydrogen) atoms. The number of hydrogen-bond acceptors (Lipinski definition) is 3. The highest BCUT2D eigenvalue weighted by atomic mass is 16.2. The predicted octanol–water partition coefficient (Wildman–Crippen LogP) is 2.23. The number of nitrogens with zero attached hydrogens (tertiary/aromatic N) is 3. The molecule has 2 amide bonds. The molecule has 2 aromatic rings. The Morgan fingerprint density at radius 1 is 1.08 bits per heavy atom. The van der Waals surface area contributed by atoms with Gasteiger partial charge in [0, 0.05) is 12.5 Å². The minimum Gasteiger partial charge on any atom is -0.368 e. The van der Waals surface area contributed by atoms with Gasteiger partial charge in [-0.2, -0.15) is 5.10 Å². The second-order valence-corrected chi connectivity index (χ2v) is 6.89. The normalized spacial score (nSPS) is 20.5. The van der Waals surface area contributed by atoms with Crippen molar-refractivity contribution in [2.24, 2.45) is 5.73 Å². The summed E-state index contributed by atoms with van der Waals surface area (Å²) in [6.07, 6.45) is 4.68. The molecule has 1 aliphatic heterocycles. The first-order valence-electron chi connectivity index (χ1n) is 8.91. The summed E-state index contributed by atoms with van der Waals surface area (Å²) in [7, 11) is 0. The van der Waals surface area contributed by atoms with Crippen molar-refractivity contribution in [2.75, 3.05) is 6.54 Å². The van der Waals surface area contributed by atoms with Gasteiger partial charge in [0.25, 0.3) is 5.91 Å². The highest BCUT2D eigenvalue weighted by Gasteiger charge is 2.35. The smallest absolute Gasteiger partial charge is 0.273 e. The molecular weight excluding hydrogens is 316 g/mol. The average molecular weight is 338 g/mol. The van der Waals surface area contributed by atoms with Crippen LogP contribution in [0.3, 0.4) is 0 Å². The molecule has 2 fully saturated rings. The Morgan fingerprint density at radius 2 is 1.84 bits per heavy atom. The predicted molar refractivity (Wildman–Crippen MR) is 93.4 cm³/mol. The van der Waals surface area contributed by atoms with Crippen molar-refractivity contribution in [2.45, 2.75) is 44.1 Å². The first-order valence-corrected chi connectivity index (χ1v) is 8.91. The van der Waals surface area contributed by atoms with Gasteiger partial charge in [0.2, 0.25) is 5.91 Å². The van der Waals surface area contributed by atoms with E-state index in [1.807, 2.05) is 36.4 Å². The van der Waals surface area contributed by atoms with Crippen LogP contribution in [-0.2, 0) is 4.79 Å². The summed E-state index contributed by atoms with van der Waals surface area (Å²) in [5.74, 6) is -0.141. The van der Waals surface area contributed by atoms with Crippen LogP contribution < -0.4 is 5.73 Å². The fourth-order valence-corrected chi connectivity index (χ4v) is 3.51.